The average Bonchev–Trinajstić information content (AvgIpc) is 2.69. The Labute approximate surface area is 164 Å². The molecule has 1 aliphatic rings. The first kappa shape index (κ1) is 18.3. The van der Waals surface area contributed by atoms with E-state index in [0.29, 0.717) is 17.2 Å². The smallest absolute Gasteiger partial charge is 0.256 e. The van der Waals surface area contributed by atoms with Crippen LogP contribution in [0.5, 0.6) is 0 Å². The van der Waals surface area contributed by atoms with Crippen LogP contribution in [0.1, 0.15) is 21.7 Å². The number of fused-ring (bicyclic) bond motifs is 1. The van der Waals surface area contributed by atoms with Crippen molar-refractivity contribution in [1.29, 1.82) is 0 Å². The van der Waals surface area contributed by atoms with Crippen molar-refractivity contribution in [3.05, 3.63) is 53.5 Å². The third kappa shape index (κ3) is 3.80. The highest BCUT2D eigenvalue weighted by Gasteiger charge is 2.18. The van der Waals surface area contributed by atoms with Gasteiger partial charge in [-0.1, -0.05) is 12.1 Å². The normalized spacial score (nSPS) is 15.0. The lowest BCUT2D eigenvalue weighted by molar-refractivity contribution is 0.102. The Kier molecular flexibility index (Phi) is 4.92. The van der Waals surface area contributed by atoms with Crippen LogP contribution in [0, 0.1) is 13.8 Å². The predicted molar refractivity (Wildman–Crippen MR) is 111 cm³/mol. The van der Waals surface area contributed by atoms with E-state index in [4.69, 9.17) is 4.98 Å². The SMILES string of the molecule is Cc1ncc2ccc(C(=O)Nc3ccc(C)c(N4CCN(C)CC4)n3)cc2n1. The van der Waals surface area contributed by atoms with E-state index < -0.39 is 0 Å². The van der Waals surface area contributed by atoms with E-state index in [9.17, 15) is 4.79 Å². The molecule has 0 spiro atoms. The maximum atomic E-state index is 12.7. The fraction of sp³-hybridized carbons (Fsp3) is 0.333. The number of carbonyl (C=O) groups is 1. The number of anilines is 2. The van der Waals surface area contributed by atoms with E-state index in [1.807, 2.05) is 25.1 Å². The third-order valence-corrected chi connectivity index (χ3v) is 5.08. The first-order chi connectivity index (χ1) is 13.5. The summed E-state index contributed by atoms with van der Waals surface area (Å²) in [6, 6.07) is 9.29. The number of nitrogens with zero attached hydrogens (tertiary/aromatic N) is 5. The van der Waals surface area contributed by atoms with Crippen LogP contribution in [0.3, 0.4) is 0 Å². The van der Waals surface area contributed by atoms with Crippen molar-refractivity contribution in [3.8, 4) is 0 Å². The summed E-state index contributed by atoms with van der Waals surface area (Å²) in [7, 11) is 2.13. The summed E-state index contributed by atoms with van der Waals surface area (Å²) in [5.41, 5.74) is 2.42. The molecule has 1 aromatic carbocycles. The number of piperazine rings is 1. The first-order valence-electron chi connectivity index (χ1n) is 9.45. The summed E-state index contributed by atoms with van der Waals surface area (Å²) < 4.78 is 0. The van der Waals surface area contributed by atoms with Gasteiger partial charge in [-0.15, -0.1) is 0 Å². The molecule has 0 aliphatic carbocycles. The van der Waals surface area contributed by atoms with Gasteiger partial charge in [-0.25, -0.2) is 15.0 Å². The second-order valence-corrected chi connectivity index (χ2v) is 7.27. The van der Waals surface area contributed by atoms with Gasteiger partial charge in [0.05, 0.1) is 5.52 Å². The Morgan fingerprint density at radius 3 is 2.61 bits per heavy atom. The van der Waals surface area contributed by atoms with Crippen LogP contribution < -0.4 is 10.2 Å². The number of rotatable bonds is 3. The molecule has 0 bridgehead atoms. The van der Waals surface area contributed by atoms with E-state index in [0.717, 1.165) is 48.5 Å². The van der Waals surface area contributed by atoms with Gasteiger partial charge in [-0.3, -0.25) is 4.79 Å². The number of aryl methyl sites for hydroxylation is 2. The van der Waals surface area contributed by atoms with E-state index in [1.54, 1.807) is 18.3 Å². The molecule has 1 aliphatic heterocycles. The predicted octanol–water partition coefficient (Wildman–Crippen LogP) is 2.65. The second kappa shape index (κ2) is 7.52. The second-order valence-electron chi connectivity index (χ2n) is 7.27. The molecule has 0 atom stereocenters. The first-order valence-corrected chi connectivity index (χ1v) is 9.45. The molecule has 2 aromatic heterocycles. The molecule has 7 nitrogen and oxygen atoms in total. The fourth-order valence-corrected chi connectivity index (χ4v) is 3.37. The van der Waals surface area contributed by atoms with Crippen LogP contribution in [0.25, 0.3) is 10.9 Å². The van der Waals surface area contributed by atoms with Gasteiger partial charge in [-0.2, -0.15) is 0 Å². The monoisotopic (exact) mass is 376 g/mol. The van der Waals surface area contributed by atoms with Crippen molar-refractivity contribution in [3.63, 3.8) is 0 Å². The largest absolute Gasteiger partial charge is 0.354 e. The molecule has 1 N–H and O–H groups in total. The highest BCUT2D eigenvalue weighted by atomic mass is 16.1. The minimum atomic E-state index is -0.196. The molecule has 1 saturated heterocycles. The van der Waals surface area contributed by atoms with Gasteiger partial charge in [0.25, 0.3) is 5.91 Å². The number of benzene rings is 1. The zero-order chi connectivity index (χ0) is 19.7. The number of nitrogens with one attached hydrogen (secondary N) is 1. The Hall–Kier alpha value is -3.06. The number of hydrogen-bond donors (Lipinski definition) is 1. The standard InChI is InChI=1S/C21H24N6O/c1-14-4-7-19(24-20(14)27-10-8-26(3)9-11-27)25-21(28)16-5-6-17-13-22-15(2)23-18(17)12-16/h4-7,12-13H,8-11H2,1-3H3,(H,24,25,28). The van der Waals surface area contributed by atoms with E-state index in [1.165, 1.54) is 0 Å². The minimum absolute atomic E-state index is 0.196. The van der Waals surface area contributed by atoms with Gasteiger partial charge in [-0.05, 0) is 44.7 Å². The van der Waals surface area contributed by atoms with Crippen LogP contribution in [0.2, 0.25) is 0 Å². The third-order valence-electron chi connectivity index (χ3n) is 5.08. The van der Waals surface area contributed by atoms with Crippen LogP contribution in [-0.2, 0) is 0 Å². The Bertz CT molecular complexity index is 1030. The van der Waals surface area contributed by atoms with E-state index in [2.05, 4.69) is 39.1 Å². The summed E-state index contributed by atoms with van der Waals surface area (Å²) in [5.74, 6) is 1.98. The molecule has 0 unspecified atom stereocenters. The van der Waals surface area contributed by atoms with Gasteiger partial charge in [0.1, 0.15) is 17.5 Å². The summed E-state index contributed by atoms with van der Waals surface area (Å²) in [5, 5.41) is 3.83. The zero-order valence-electron chi connectivity index (χ0n) is 16.4. The van der Waals surface area contributed by atoms with Crippen LogP contribution in [-0.4, -0.2) is 59.0 Å². The van der Waals surface area contributed by atoms with Gasteiger partial charge in [0.15, 0.2) is 0 Å². The molecule has 28 heavy (non-hydrogen) atoms. The van der Waals surface area contributed by atoms with Crippen molar-refractivity contribution in [2.45, 2.75) is 13.8 Å². The maximum Gasteiger partial charge on any atom is 0.256 e. The molecule has 1 fully saturated rings. The molecule has 3 heterocycles. The Balaban J connectivity index is 1.55. The summed E-state index contributed by atoms with van der Waals surface area (Å²) >= 11 is 0. The number of hydrogen-bond acceptors (Lipinski definition) is 6. The van der Waals surface area contributed by atoms with E-state index >= 15 is 0 Å². The van der Waals surface area contributed by atoms with Crippen molar-refractivity contribution < 1.29 is 4.79 Å². The highest BCUT2D eigenvalue weighted by molar-refractivity contribution is 6.05. The number of amides is 1. The maximum absolute atomic E-state index is 12.7. The topological polar surface area (TPSA) is 74.2 Å². The van der Waals surface area contributed by atoms with Crippen LogP contribution in [0.15, 0.2) is 36.5 Å². The molecular formula is C21H24N6O. The molecule has 7 heteroatoms. The number of carbonyl (C=O) groups excluding carboxylic acids is 1. The van der Waals surface area contributed by atoms with Crippen LogP contribution in [0.4, 0.5) is 11.6 Å². The lowest BCUT2D eigenvalue weighted by atomic mass is 10.1. The molecule has 4 rings (SSSR count). The summed E-state index contributed by atoms with van der Waals surface area (Å²) in [4.78, 5) is 30.6. The molecule has 1 amide bonds. The van der Waals surface area contributed by atoms with Gasteiger partial charge in [0, 0.05) is 43.3 Å². The fourth-order valence-electron chi connectivity index (χ4n) is 3.37. The van der Waals surface area contributed by atoms with Crippen molar-refractivity contribution in [1.82, 2.24) is 19.9 Å². The number of likely N-dealkylation sites (N-methyl/N-ethyl adjacent to an activating group) is 1. The Morgan fingerprint density at radius 1 is 1.04 bits per heavy atom. The summed E-state index contributed by atoms with van der Waals surface area (Å²) in [6.45, 7) is 7.78. The van der Waals surface area contributed by atoms with Crippen LogP contribution >= 0.6 is 0 Å². The van der Waals surface area contributed by atoms with Crippen molar-refractivity contribution in [2.24, 2.45) is 0 Å². The summed E-state index contributed by atoms with van der Waals surface area (Å²) in [6.07, 6.45) is 1.77. The number of aromatic nitrogens is 3. The molecule has 0 radical (unpaired) electrons. The van der Waals surface area contributed by atoms with Gasteiger partial charge in [0.2, 0.25) is 0 Å². The average molecular weight is 376 g/mol. The minimum Gasteiger partial charge on any atom is -0.354 e. The zero-order valence-corrected chi connectivity index (χ0v) is 16.4. The van der Waals surface area contributed by atoms with Gasteiger partial charge < -0.3 is 15.1 Å². The molecule has 0 saturated carbocycles. The molecular weight excluding hydrogens is 352 g/mol. The van der Waals surface area contributed by atoms with Crippen molar-refractivity contribution in [2.75, 3.05) is 43.4 Å². The lowest BCUT2D eigenvalue weighted by Crippen LogP contribution is -2.45. The highest BCUT2D eigenvalue weighted by Crippen LogP contribution is 2.22. The molecule has 144 valence electrons. The molecule has 3 aromatic rings. The quantitative estimate of drug-likeness (QED) is 0.758. The van der Waals surface area contributed by atoms with Crippen molar-refractivity contribution >= 4 is 28.4 Å². The van der Waals surface area contributed by atoms with Gasteiger partial charge >= 0.3 is 0 Å². The number of pyridine rings is 1. The lowest BCUT2D eigenvalue weighted by Gasteiger charge is -2.34. The van der Waals surface area contributed by atoms with E-state index in [-0.39, 0.29) is 5.91 Å². The Morgan fingerprint density at radius 2 is 1.82 bits per heavy atom.